The van der Waals surface area contributed by atoms with Crippen molar-refractivity contribution in [2.24, 2.45) is 11.7 Å². The highest BCUT2D eigenvalue weighted by molar-refractivity contribution is 7.89. The SMILES string of the molecule is COCCS(=O)(=O)NC1(C(=N)N)CCC(C)CC1. The van der Waals surface area contributed by atoms with Gasteiger partial charge in [-0.2, -0.15) is 0 Å². The van der Waals surface area contributed by atoms with Crippen molar-refractivity contribution in [3.63, 3.8) is 0 Å². The van der Waals surface area contributed by atoms with Gasteiger partial charge in [0.25, 0.3) is 0 Å². The van der Waals surface area contributed by atoms with E-state index in [0.717, 1.165) is 12.8 Å². The van der Waals surface area contributed by atoms with Gasteiger partial charge in [-0.3, -0.25) is 5.41 Å². The molecule has 0 saturated heterocycles. The minimum atomic E-state index is -3.46. The number of hydrogen-bond donors (Lipinski definition) is 3. The van der Waals surface area contributed by atoms with E-state index in [2.05, 4.69) is 11.6 Å². The molecule has 1 aliphatic carbocycles. The molecule has 0 aromatic rings. The fraction of sp³-hybridized carbons (Fsp3) is 0.909. The Balaban J connectivity index is 2.78. The van der Waals surface area contributed by atoms with Crippen molar-refractivity contribution >= 4 is 15.9 Å². The van der Waals surface area contributed by atoms with Crippen LogP contribution in [0, 0.1) is 11.3 Å². The van der Waals surface area contributed by atoms with Crippen LogP contribution in [0.4, 0.5) is 0 Å². The molecule has 0 spiro atoms. The summed E-state index contributed by atoms with van der Waals surface area (Å²) in [7, 11) is -2.00. The average molecular weight is 277 g/mol. The van der Waals surface area contributed by atoms with E-state index in [4.69, 9.17) is 15.9 Å². The van der Waals surface area contributed by atoms with Gasteiger partial charge >= 0.3 is 0 Å². The van der Waals surface area contributed by atoms with Crippen LogP contribution >= 0.6 is 0 Å². The minimum Gasteiger partial charge on any atom is -0.386 e. The molecule has 0 aromatic heterocycles. The molecule has 6 nitrogen and oxygen atoms in total. The lowest BCUT2D eigenvalue weighted by Gasteiger charge is -2.38. The topological polar surface area (TPSA) is 105 Å². The summed E-state index contributed by atoms with van der Waals surface area (Å²) in [4.78, 5) is 0. The molecule has 7 heteroatoms. The van der Waals surface area contributed by atoms with Gasteiger partial charge in [-0.05, 0) is 31.6 Å². The Kier molecular flexibility index (Phi) is 5.12. The van der Waals surface area contributed by atoms with E-state index in [0.29, 0.717) is 18.8 Å². The van der Waals surface area contributed by atoms with Gasteiger partial charge in [0.15, 0.2) is 0 Å². The Bertz CT molecular complexity index is 386. The van der Waals surface area contributed by atoms with E-state index in [1.54, 1.807) is 0 Å². The molecule has 18 heavy (non-hydrogen) atoms. The van der Waals surface area contributed by atoms with Crippen LogP contribution in [0.3, 0.4) is 0 Å². The number of nitrogens with two attached hydrogens (primary N) is 1. The largest absolute Gasteiger partial charge is 0.386 e. The van der Waals surface area contributed by atoms with Crippen LogP contribution in [0.25, 0.3) is 0 Å². The highest BCUT2D eigenvalue weighted by Gasteiger charge is 2.40. The van der Waals surface area contributed by atoms with E-state index < -0.39 is 15.6 Å². The molecule has 106 valence electrons. The third-order valence-electron chi connectivity index (χ3n) is 3.55. The zero-order valence-corrected chi connectivity index (χ0v) is 11.8. The number of rotatable bonds is 6. The summed E-state index contributed by atoms with van der Waals surface area (Å²) in [6, 6.07) is 0. The molecule has 1 fully saturated rings. The maximum absolute atomic E-state index is 11.9. The van der Waals surface area contributed by atoms with Gasteiger partial charge in [0.1, 0.15) is 5.84 Å². The van der Waals surface area contributed by atoms with Crippen molar-refractivity contribution in [3.8, 4) is 0 Å². The summed E-state index contributed by atoms with van der Waals surface area (Å²) < 4.78 is 31.2. The zero-order valence-electron chi connectivity index (χ0n) is 11.0. The first kappa shape index (κ1) is 15.4. The summed E-state index contributed by atoms with van der Waals surface area (Å²) >= 11 is 0. The third kappa shape index (κ3) is 3.93. The second kappa shape index (κ2) is 5.99. The second-order valence-electron chi connectivity index (χ2n) is 5.09. The lowest BCUT2D eigenvalue weighted by Crippen LogP contribution is -2.59. The molecule has 0 aliphatic heterocycles. The van der Waals surface area contributed by atoms with Gasteiger partial charge in [0.2, 0.25) is 10.0 Å². The molecule has 4 N–H and O–H groups in total. The molecule has 1 saturated carbocycles. The quantitative estimate of drug-likeness (QED) is 0.484. The Morgan fingerprint density at radius 3 is 2.50 bits per heavy atom. The highest BCUT2D eigenvalue weighted by Crippen LogP contribution is 2.32. The molecular weight excluding hydrogens is 254 g/mol. The number of nitrogens with one attached hydrogen (secondary N) is 2. The van der Waals surface area contributed by atoms with Gasteiger partial charge in [-0.1, -0.05) is 6.92 Å². The van der Waals surface area contributed by atoms with Crippen LogP contribution < -0.4 is 10.5 Å². The van der Waals surface area contributed by atoms with E-state index in [1.165, 1.54) is 7.11 Å². The number of amidine groups is 1. The smallest absolute Gasteiger partial charge is 0.214 e. The Labute approximate surface area is 109 Å². The maximum Gasteiger partial charge on any atom is 0.214 e. The maximum atomic E-state index is 11.9. The molecule has 0 radical (unpaired) electrons. The fourth-order valence-electron chi connectivity index (χ4n) is 2.22. The molecule has 1 rings (SSSR count). The van der Waals surface area contributed by atoms with Crippen LogP contribution in [0.1, 0.15) is 32.6 Å². The first-order chi connectivity index (χ1) is 8.31. The van der Waals surface area contributed by atoms with Crippen molar-refractivity contribution in [2.45, 2.75) is 38.1 Å². The van der Waals surface area contributed by atoms with Gasteiger partial charge in [0.05, 0.1) is 17.9 Å². The van der Waals surface area contributed by atoms with Crippen LogP contribution in [0.5, 0.6) is 0 Å². The summed E-state index contributed by atoms with van der Waals surface area (Å²) in [5, 5.41) is 7.68. The second-order valence-corrected chi connectivity index (χ2v) is 6.93. The van der Waals surface area contributed by atoms with Crippen LogP contribution in [-0.2, 0) is 14.8 Å². The lowest BCUT2D eigenvalue weighted by molar-refractivity contribution is 0.216. The summed E-state index contributed by atoms with van der Waals surface area (Å²) in [6.07, 6.45) is 2.95. The van der Waals surface area contributed by atoms with Gasteiger partial charge in [-0.25, -0.2) is 13.1 Å². The predicted molar refractivity (Wildman–Crippen MR) is 71.1 cm³/mol. The lowest BCUT2D eigenvalue weighted by atomic mass is 9.77. The van der Waals surface area contributed by atoms with Gasteiger partial charge in [0, 0.05) is 7.11 Å². The number of sulfonamides is 1. The Morgan fingerprint density at radius 2 is 2.06 bits per heavy atom. The molecule has 0 aromatic carbocycles. The normalized spacial score (nSPS) is 29.1. The van der Waals surface area contributed by atoms with Gasteiger partial charge in [-0.15, -0.1) is 0 Å². The minimum absolute atomic E-state index is 0.0876. The molecule has 1 aliphatic rings. The van der Waals surface area contributed by atoms with E-state index in [1.807, 2.05) is 0 Å². The first-order valence-electron chi connectivity index (χ1n) is 6.16. The van der Waals surface area contributed by atoms with Crippen LogP contribution in [-0.4, -0.2) is 39.3 Å². The average Bonchev–Trinajstić information content (AvgIpc) is 2.29. The van der Waals surface area contributed by atoms with Gasteiger partial charge < -0.3 is 10.5 Å². The molecular formula is C11H23N3O3S. The molecule has 0 atom stereocenters. The van der Waals surface area contributed by atoms with E-state index in [-0.39, 0.29) is 18.2 Å². The molecule has 0 bridgehead atoms. The summed E-state index contributed by atoms with van der Waals surface area (Å²) in [5.74, 6) is 0.366. The third-order valence-corrected chi connectivity index (χ3v) is 4.96. The number of ether oxygens (including phenoxy) is 1. The van der Waals surface area contributed by atoms with Crippen molar-refractivity contribution < 1.29 is 13.2 Å². The summed E-state index contributed by atoms with van der Waals surface area (Å²) in [6.45, 7) is 2.27. The number of hydrogen-bond acceptors (Lipinski definition) is 4. The van der Waals surface area contributed by atoms with Crippen LogP contribution in [0.15, 0.2) is 0 Å². The predicted octanol–water partition coefficient (Wildman–Crippen LogP) is 0.437. The van der Waals surface area contributed by atoms with Crippen molar-refractivity contribution in [2.75, 3.05) is 19.5 Å². The standard InChI is InChI=1S/C11H23N3O3S/c1-9-3-5-11(6-4-9,10(12)13)14-18(15,16)8-7-17-2/h9,14H,3-8H2,1-2H3,(H3,12,13). The van der Waals surface area contributed by atoms with Crippen molar-refractivity contribution in [3.05, 3.63) is 0 Å². The van der Waals surface area contributed by atoms with E-state index >= 15 is 0 Å². The monoisotopic (exact) mass is 277 g/mol. The first-order valence-corrected chi connectivity index (χ1v) is 7.81. The number of methoxy groups -OCH3 is 1. The fourth-order valence-corrected chi connectivity index (χ4v) is 3.62. The molecule has 0 unspecified atom stereocenters. The Morgan fingerprint density at radius 1 is 1.50 bits per heavy atom. The molecule has 0 heterocycles. The summed E-state index contributed by atoms with van der Waals surface area (Å²) in [5.41, 5.74) is 4.72. The zero-order chi connectivity index (χ0) is 13.8. The van der Waals surface area contributed by atoms with Crippen molar-refractivity contribution in [1.82, 2.24) is 4.72 Å². The molecule has 0 amide bonds. The highest BCUT2D eigenvalue weighted by atomic mass is 32.2. The van der Waals surface area contributed by atoms with E-state index in [9.17, 15) is 8.42 Å². The van der Waals surface area contributed by atoms with Crippen molar-refractivity contribution in [1.29, 1.82) is 5.41 Å². The van der Waals surface area contributed by atoms with Crippen LogP contribution in [0.2, 0.25) is 0 Å². The Hall–Kier alpha value is -0.660.